The van der Waals surface area contributed by atoms with Crippen molar-refractivity contribution in [3.05, 3.63) is 33.9 Å². The number of benzene rings is 1. The second-order valence-corrected chi connectivity index (χ2v) is 6.06. The Morgan fingerprint density at radius 3 is 2.85 bits per heavy atom. The molecule has 1 aromatic carbocycles. The van der Waals surface area contributed by atoms with Gasteiger partial charge in [-0.1, -0.05) is 15.9 Å². The van der Waals surface area contributed by atoms with Gasteiger partial charge in [-0.3, -0.25) is 10.1 Å². The molecule has 110 valence electrons. The summed E-state index contributed by atoms with van der Waals surface area (Å²) in [6.45, 7) is 3.28. The molecule has 2 rings (SSSR count). The monoisotopic (exact) mass is 341 g/mol. The van der Waals surface area contributed by atoms with E-state index in [1.165, 1.54) is 6.42 Å². The molecule has 0 bridgehead atoms. The van der Waals surface area contributed by atoms with E-state index in [0.29, 0.717) is 11.2 Å². The molecule has 1 aliphatic rings. The highest BCUT2D eigenvalue weighted by Crippen LogP contribution is 2.27. The highest BCUT2D eigenvalue weighted by Gasteiger charge is 2.21. The van der Waals surface area contributed by atoms with Gasteiger partial charge in [-0.2, -0.15) is 0 Å². The normalized spacial score (nSPS) is 19.2. The van der Waals surface area contributed by atoms with Crippen LogP contribution in [0.4, 0.5) is 11.4 Å². The minimum atomic E-state index is -0.327. The molecule has 20 heavy (non-hydrogen) atoms. The van der Waals surface area contributed by atoms with Crippen LogP contribution >= 0.6 is 15.9 Å². The largest absolute Gasteiger partial charge is 0.374 e. The average Bonchev–Trinajstić information content (AvgIpc) is 2.83. The molecule has 0 amide bonds. The number of hydrogen-bond donors (Lipinski definition) is 0. The van der Waals surface area contributed by atoms with Crippen molar-refractivity contribution < 1.29 is 4.92 Å². The summed E-state index contributed by atoms with van der Waals surface area (Å²) < 4.78 is 0. The van der Waals surface area contributed by atoms with Crippen LogP contribution in [0.3, 0.4) is 0 Å². The highest BCUT2D eigenvalue weighted by atomic mass is 79.9. The summed E-state index contributed by atoms with van der Waals surface area (Å²) in [5.74, 6) is 0.674. The fraction of sp³-hybridized carbons (Fsp3) is 0.571. The molecule has 1 unspecified atom stereocenters. The van der Waals surface area contributed by atoms with Crippen LogP contribution in [0.2, 0.25) is 0 Å². The van der Waals surface area contributed by atoms with E-state index in [0.717, 1.165) is 30.9 Å². The molecule has 1 aliphatic heterocycles. The van der Waals surface area contributed by atoms with E-state index in [1.54, 1.807) is 6.07 Å². The third kappa shape index (κ3) is 3.49. The number of nitro benzene ring substituents is 1. The first-order valence-electron chi connectivity index (χ1n) is 6.74. The van der Waals surface area contributed by atoms with E-state index < -0.39 is 0 Å². The van der Waals surface area contributed by atoms with Gasteiger partial charge in [0.25, 0.3) is 5.69 Å². The van der Waals surface area contributed by atoms with Gasteiger partial charge in [-0.15, -0.1) is 0 Å². The van der Waals surface area contributed by atoms with Gasteiger partial charge in [0.2, 0.25) is 0 Å². The summed E-state index contributed by atoms with van der Waals surface area (Å²) in [6.07, 6.45) is 1.22. The molecule has 0 radical (unpaired) electrons. The summed E-state index contributed by atoms with van der Waals surface area (Å²) in [6, 6.07) is 5.34. The lowest BCUT2D eigenvalue weighted by molar-refractivity contribution is -0.385. The van der Waals surface area contributed by atoms with E-state index in [2.05, 4.69) is 39.8 Å². The number of hydrogen-bond acceptors (Lipinski definition) is 4. The number of nitrogens with zero attached hydrogens (tertiary/aromatic N) is 3. The zero-order valence-electron chi connectivity index (χ0n) is 11.9. The molecule has 0 spiro atoms. The maximum Gasteiger partial charge on any atom is 0.273 e. The number of anilines is 1. The SMILES string of the molecule is CN1CCC(CN(C)c2ccc([N+](=O)[O-])c(CBr)c2)C1. The maximum absolute atomic E-state index is 10.9. The van der Waals surface area contributed by atoms with Crippen LogP contribution in [0.1, 0.15) is 12.0 Å². The van der Waals surface area contributed by atoms with Crippen LogP contribution < -0.4 is 4.90 Å². The van der Waals surface area contributed by atoms with Gasteiger partial charge in [0.15, 0.2) is 0 Å². The van der Waals surface area contributed by atoms with Crippen molar-refractivity contribution in [1.82, 2.24) is 4.90 Å². The summed E-state index contributed by atoms with van der Waals surface area (Å²) in [7, 11) is 4.20. The first-order valence-corrected chi connectivity index (χ1v) is 7.86. The van der Waals surface area contributed by atoms with Crippen molar-refractivity contribution in [2.75, 3.05) is 38.6 Å². The molecule has 5 nitrogen and oxygen atoms in total. The molecule has 0 saturated carbocycles. The van der Waals surface area contributed by atoms with Gasteiger partial charge in [0, 0.05) is 42.8 Å². The Morgan fingerprint density at radius 1 is 1.55 bits per heavy atom. The van der Waals surface area contributed by atoms with Crippen molar-refractivity contribution in [2.45, 2.75) is 11.8 Å². The summed E-state index contributed by atoms with van der Waals surface area (Å²) in [4.78, 5) is 15.2. The van der Waals surface area contributed by atoms with Crippen molar-refractivity contribution in [2.24, 2.45) is 5.92 Å². The molecule has 0 aromatic heterocycles. The molecule has 1 heterocycles. The van der Waals surface area contributed by atoms with E-state index in [1.807, 2.05) is 12.1 Å². The molecular weight excluding hydrogens is 322 g/mol. The number of halogens is 1. The molecule has 0 N–H and O–H groups in total. The first kappa shape index (κ1) is 15.3. The van der Waals surface area contributed by atoms with Crippen molar-refractivity contribution in [3.8, 4) is 0 Å². The van der Waals surface area contributed by atoms with Gasteiger partial charge in [-0.05, 0) is 38.1 Å². The van der Waals surface area contributed by atoms with E-state index >= 15 is 0 Å². The first-order chi connectivity index (χ1) is 9.51. The van der Waals surface area contributed by atoms with Crippen LogP contribution in [0, 0.1) is 16.0 Å². The lowest BCUT2D eigenvalue weighted by Gasteiger charge is -2.23. The lowest BCUT2D eigenvalue weighted by Crippen LogP contribution is -2.27. The van der Waals surface area contributed by atoms with E-state index in [4.69, 9.17) is 0 Å². The Morgan fingerprint density at radius 2 is 2.30 bits per heavy atom. The molecule has 1 atom stereocenters. The van der Waals surface area contributed by atoms with Crippen molar-refractivity contribution in [3.63, 3.8) is 0 Å². The molecule has 6 heteroatoms. The maximum atomic E-state index is 10.9. The van der Waals surface area contributed by atoms with Gasteiger partial charge >= 0.3 is 0 Å². The summed E-state index contributed by atoms with van der Waals surface area (Å²) >= 11 is 3.33. The molecule has 1 saturated heterocycles. The fourth-order valence-electron chi connectivity index (χ4n) is 2.76. The fourth-order valence-corrected chi connectivity index (χ4v) is 3.21. The smallest absolute Gasteiger partial charge is 0.273 e. The second kappa shape index (κ2) is 6.54. The predicted octanol–water partition coefficient (Wildman–Crippen LogP) is 2.88. The average molecular weight is 342 g/mol. The topological polar surface area (TPSA) is 49.6 Å². The quantitative estimate of drug-likeness (QED) is 0.469. The van der Waals surface area contributed by atoms with Crippen LogP contribution in [0.25, 0.3) is 0 Å². The number of rotatable bonds is 5. The van der Waals surface area contributed by atoms with E-state index in [-0.39, 0.29) is 10.6 Å². The van der Waals surface area contributed by atoms with E-state index in [9.17, 15) is 10.1 Å². The molecule has 1 aromatic rings. The molecule has 0 aliphatic carbocycles. The van der Waals surface area contributed by atoms with Gasteiger partial charge in [0.1, 0.15) is 0 Å². The lowest BCUT2D eigenvalue weighted by atomic mass is 10.1. The van der Waals surface area contributed by atoms with Crippen molar-refractivity contribution in [1.29, 1.82) is 0 Å². The Bertz CT molecular complexity index is 495. The Hall–Kier alpha value is -1.14. The highest BCUT2D eigenvalue weighted by molar-refractivity contribution is 9.08. The zero-order valence-corrected chi connectivity index (χ0v) is 13.5. The minimum Gasteiger partial charge on any atom is -0.374 e. The van der Waals surface area contributed by atoms with Crippen LogP contribution in [-0.2, 0) is 5.33 Å². The third-order valence-electron chi connectivity index (χ3n) is 3.87. The summed E-state index contributed by atoms with van der Waals surface area (Å²) in [5.41, 5.74) is 1.95. The minimum absolute atomic E-state index is 0.180. The van der Waals surface area contributed by atoms with Gasteiger partial charge < -0.3 is 9.80 Å². The van der Waals surface area contributed by atoms with Crippen LogP contribution in [0.15, 0.2) is 18.2 Å². The zero-order chi connectivity index (χ0) is 14.7. The van der Waals surface area contributed by atoms with Crippen LogP contribution in [0.5, 0.6) is 0 Å². The van der Waals surface area contributed by atoms with Crippen molar-refractivity contribution >= 4 is 27.3 Å². The Kier molecular flexibility index (Phi) is 4.99. The van der Waals surface area contributed by atoms with Crippen LogP contribution in [-0.4, -0.2) is 43.6 Å². The standard InChI is InChI=1S/C14H20BrN3O2/c1-16-6-5-11(9-16)10-17(2)13-3-4-14(18(19)20)12(7-13)8-15/h3-4,7,11H,5-6,8-10H2,1-2H3. The Balaban J connectivity index is 2.10. The predicted molar refractivity (Wildman–Crippen MR) is 84.6 cm³/mol. The second-order valence-electron chi connectivity index (χ2n) is 5.50. The third-order valence-corrected chi connectivity index (χ3v) is 4.47. The number of alkyl halides is 1. The van der Waals surface area contributed by atoms with Gasteiger partial charge in [0.05, 0.1) is 4.92 Å². The number of nitro groups is 1. The van der Waals surface area contributed by atoms with Gasteiger partial charge in [-0.25, -0.2) is 0 Å². The number of likely N-dealkylation sites (tertiary alicyclic amines) is 1. The molecular formula is C14H20BrN3O2. The Labute approximate surface area is 127 Å². The summed E-state index contributed by atoms with van der Waals surface area (Å²) in [5, 5.41) is 11.4. The molecule has 1 fully saturated rings.